The molecule has 0 saturated heterocycles. The summed E-state index contributed by atoms with van der Waals surface area (Å²) in [5.41, 5.74) is 1.74. The fourth-order valence-electron chi connectivity index (χ4n) is 3.01. The van der Waals surface area contributed by atoms with E-state index in [4.69, 9.17) is 9.78 Å². The zero-order valence-corrected chi connectivity index (χ0v) is 14.6. The zero-order chi connectivity index (χ0) is 16.7. The summed E-state index contributed by atoms with van der Waals surface area (Å²) >= 11 is 0. The maximum absolute atomic E-state index is 12.0. The predicted octanol–water partition coefficient (Wildman–Crippen LogP) is 5.81. The fraction of sp³-hybridized carbons (Fsp3) is 0.600. The molecule has 0 amide bonds. The Morgan fingerprint density at radius 1 is 1.17 bits per heavy atom. The lowest BCUT2D eigenvalue weighted by atomic mass is 9.84. The SMILES string of the molecule is CCCCC1CC[C](OOC(=O)c2ccc(C(C)C)cc2)CC1. The minimum Gasteiger partial charge on any atom is -0.292 e. The molecule has 1 fully saturated rings. The molecule has 0 atom stereocenters. The van der Waals surface area contributed by atoms with E-state index < -0.39 is 5.97 Å². The van der Waals surface area contributed by atoms with E-state index in [9.17, 15) is 4.79 Å². The van der Waals surface area contributed by atoms with Gasteiger partial charge in [0, 0.05) is 0 Å². The first-order chi connectivity index (χ1) is 11.1. The van der Waals surface area contributed by atoms with Crippen molar-refractivity contribution in [3.8, 4) is 0 Å². The van der Waals surface area contributed by atoms with Crippen molar-refractivity contribution >= 4 is 5.97 Å². The van der Waals surface area contributed by atoms with Crippen LogP contribution in [0.25, 0.3) is 0 Å². The number of carbonyl (C=O) groups excluding carboxylic acids is 1. The fourth-order valence-corrected chi connectivity index (χ4v) is 3.01. The zero-order valence-electron chi connectivity index (χ0n) is 14.6. The van der Waals surface area contributed by atoms with Crippen LogP contribution in [-0.4, -0.2) is 5.97 Å². The second kappa shape index (κ2) is 9.07. The second-order valence-electron chi connectivity index (χ2n) is 6.86. The van der Waals surface area contributed by atoms with Crippen LogP contribution >= 0.6 is 0 Å². The molecule has 3 nitrogen and oxygen atoms in total. The van der Waals surface area contributed by atoms with Gasteiger partial charge in [-0.3, -0.25) is 4.89 Å². The number of rotatable bonds is 7. The van der Waals surface area contributed by atoms with Crippen LogP contribution in [0.4, 0.5) is 0 Å². The van der Waals surface area contributed by atoms with Crippen molar-refractivity contribution in [2.75, 3.05) is 0 Å². The quantitative estimate of drug-likeness (QED) is 0.470. The maximum Gasteiger partial charge on any atom is 0.373 e. The van der Waals surface area contributed by atoms with Gasteiger partial charge in [-0.15, -0.1) is 0 Å². The lowest BCUT2D eigenvalue weighted by Crippen LogP contribution is -2.17. The van der Waals surface area contributed by atoms with E-state index in [-0.39, 0.29) is 0 Å². The average molecular weight is 317 g/mol. The minimum absolute atomic E-state index is 0.416. The molecule has 0 aliphatic heterocycles. The van der Waals surface area contributed by atoms with E-state index in [2.05, 4.69) is 20.8 Å². The molecule has 0 spiro atoms. The Balaban J connectivity index is 1.72. The van der Waals surface area contributed by atoms with E-state index in [1.54, 1.807) is 12.1 Å². The molecule has 1 saturated carbocycles. The van der Waals surface area contributed by atoms with E-state index in [1.165, 1.54) is 24.8 Å². The topological polar surface area (TPSA) is 35.5 Å². The second-order valence-corrected chi connectivity index (χ2v) is 6.86. The Labute approximate surface area is 140 Å². The molecule has 0 heterocycles. The summed E-state index contributed by atoms with van der Waals surface area (Å²) in [6, 6.07) is 7.53. The van der Waals surface area contributed by atoms with Gasteiger partial charge in [-0.05, 0) is 55.2 Å². The van der Waals surface area contributed by atoms with E-state index >= 15 is 0 Å². The molecule has 1 aromatic carbocycles. The Morgan fingerprint density at radius 2 is 1.83 bits per heavy atom. The third-order valence-corrected chi connectivity index (χ3v) is 4.68. The van der Waals surface area contributed by atoms with Crippen molar-refractivity contribution in [3.05, 3.63) is 41.5 Å². The van der Waals surface area contributed by atoms with Crippen LogP contribution in [0.3, 0.4) is 0 Å². The minimum atomic E-state index is -0.416. The van der Waals surface area contributed by atoms with Crippen molar-refractivity contribution in [2.24, 2.45) is 5.92 Å². The highest BCUT2D eigenvalue weighted by atomic mass is 17.2. The van der Waals surface area contributed by atoms with Gasteiger partial charge in [0.05, 0.1) is 5.56 Å². The van der Waals surface area contributed by atoms with Crippen molar-refractivity contribution in [2.45, 2.75) is 71.6 Å². The maximum atomic E-state index is 12.0. The van der Waals surface area contributed by atoms with Crippen LogP contribution in [0.15, 0.2) is 24.3 Å². The molecule has 0 bridgehead atoms. The van der Waals surface area contributed by atoms with Crippen LogP contribution < -0.4 is 0 Å². The van der Waals surface area contributed by atoms with Gasteiger partial charge in [-0.1, -0.05) is 52.2 Å². The monoisotopic (exact) mass is 317 g/mol. The summed E-state index contributed by atoms with van der Waals surface area (Å²) < 4.78 is 0. The van der Waals surface area contributed by atoms with Gasteiger partial charge in [0.15, 0.2) is 0 Å². The summed E-state index contributed by atoms with van der Waals surface area (Å²) in [4.78, 5) is 22.3. The van der Waals surface area contributed by atoms with Gasteiger partial charge >= 0.3 is 5.97 Å². The van der Waals surface area contributed by atoms with Gasteiger partial charge in [-0.25, -0.2) is 4.79 Å². The van der Waals surface area contributed by atoms with Crippen LogP contribution in [-0.2, 0) is 9.78 Å². The van der Waals surface area contributed by atoms with Crippen molar-refractivity contribution in [3.63, 3.8) is 0 Å². The molecule has 127 valence electrons. The van der Waals surface area contributed by atoms with Crippen LogP contribution in [0.2, 0.25) is 0 Å². The van der Waals surface area contributed by atoms with Gasteiger partial charge in [-0.2, -0.15) is 4.89 Å². The Bertz CT molecular complexity index is 470. The van der Waals surface area contributed by atoms with E-state index in [1.807, 2.05) is 12.1 Å². The number of benzene rings is 1. The lowest BCUT2D eigenvalue weighted by molar-refractivity contribution is -0.240. The lowest BCUT2D eigenvalue weighted by Gasteiger charge is -2.26. The molecule has 1 aromatic rings. The summed E-state index contributed by atoms with van der Waals surface area (Å²) in [6.45, 7) is 6.49. The third kappa shape index (κ3) is 5.65. The smallest absolute Gasteiger partial charge is 0.292 e. The normalized spacial score (nSPS) is 16.7. The number of hydrogen-bond acceptors (Lipinski definition) is 3. The van der Waals surface area contributed by atoms with Crippen molar-refractivity contribution in [1.29, 1.82) is 0 Å². The molecular weight excluding hydrogens is 288 g/mol. The molecule has 0 aromatic heterocycles. The molecule has 1 aliphatic carbocycles. The molecule has 1 radical (unpaired) electrons. The third-order valence-electron chi connectivity index (χ3n) is 4.68. The molecule has 0 N–H and O–H groups in total. The Hall–Kier alpha value is -1.35. The van der Waals surface area contributed by atoms with Gasteiger partial charge < -0.3 is 0 Å². The summed E-state index contributed by atoms with van der Waals surface area (Å²) in [5, 5.41) is 0. The summed E-state index contributed by atoms with van der Waals surface area (Å²) in [7, 11) is 0. The molecule has 0 unspecified atom stereocenters. The molecule has 23 heavy (non-hydrogen) atoms. The highest BCUT2D eigenvalue weighted by molar-refractivity contribution is 5.88. The molecule has 1 aliphatic rings. The standard InChI is InChI=1S/C20H29O3/c1-4-5-6-16-7-13-19(14-8-16)22-23-20(21)18-11-9-17(10-12-18)15(2)3/h9-12,15-16H,4-8,13-14H2,1-3H3. The molecule has 3 heteroatoms. The largest absolute Gasteiger partial charge is 0.373 e. The summed E-state index contributed by atoms with van der Waals surface area (Å²) in [6.07, 6.45) is 8.91. The van der Waals surface area contributed by atoms with Gasteiger partial charge in [0.2, 0.25) is 0 Å². The van der Waals surface area contributed by atoms with Crippen LogP contribution in [0.1, 0.15) is 87.6 Å². The van der Waals surface area contributed by atoms with E-state index in [0.717, 1.165) is 37.7 Å². The van der Waals surface area contributed by atoms with Crippen LogP contribution in [0, 0.1) is 12.0 Å². The first kappa shape index (κ1) is 18.0. The first-order valence-electron chi connectivity index (χ1n) is 8.93. The summed E-state index contributed by atoms with van der Waals surface area (Å²) in [5.74, 6) is 0.845. The van der Waals surface area contributed by atoms with Gasteiger partial charge in [0.1, 0.15) is 6.10 Å². The van der Waals surface area contributed by atoms with Gasteiger partial charge in [0.25, 0.3) is 0 Å². The predicted molar refractivity (Wildman–Crippen MR) is 91.8 cm³/mol. The number of hydrogen-bond donors (Lipinski definition) is 0. The molecule has 2 rings (SSSR count). The number of unbranched alkanes of at least 4 members (excludes halogenated alkanes) is 1. The Morgan fingerprint density at radius 3 is 2.39 bits per heavy atom. The highest BCUT2D eigenvalue weighted by Gasteiger charge is 2.24. The highest BCUT2D eigenvalue weighted by Crippen LogP contribution is 2.34. The van der Waals surface area contributed by atoms with Crippen molar-refractivity contribution in [1.82, 2.24) is 0 Å². The Kier molecular flexibility index (Phi) is 7.10. The number of carbonyl (C=O) groups is 1. The average Bonchev–Trinajstić information content (AvgIpc) is 2.58. The molecular formula is C20H29O3. The van der Waals surface area contributed by atoms with Crippen LogP contribution in [0.5, 0.6) is 0 Å². The van der Waals surface area contributed by atoms with Crippen molar-refractivity contribution < 1.29 is 14.6 Å². The first-order valence-corrected chi connectivity index (χ1v) is 8.93. The van der Waals surface area contributed by atoms with E-state index in [0.29, 0.717) is 11.5 Å².